The first-order chi connectivity index (χ1) is 18.6. The Morgan fingerprint density at radius 1 is 1.29 bits per heavy atom. The van der Waals surface area contributed by atoms with Crippen molar-refractivity contribution < 1.29 is 33.9 Å². The number of halogens is 3. The lowest BCUT2D eigenvalue weighted by atomic mass is 9.59. The molecule has 9 nitrogen and oxygen atoms in total. The molecule has 5 fully saturated rings. The summed E-state index contributed by atoms with van der Waals surface area (Å²) in [7, 11) is -0.140. The number of likely N-dealkylation sites (tertiary alicyclic amines) is 1. The molecule has 1 aromatic heterocycles. The lowest BCUT2D eigenvalue weighted by Crippen LogP contribution is -2.63. The van der Waals surface area contributed by atoms with E-state index in [0.717, 1.165) is 31.5 Å². The number of nitrogens with one attached hydrogen (secondary N) is 1. The van der Waals surface area contributed by atoms with E-state index >= 15 is 0 Å². The van der Waals surface area contributed by atoms with Crippen molar-refractivity contribution in [2.45, 2.75) is 93.4 Å². The lowest BCUT2D eigenvalue weighted by Gasteiger charge is -2.52. The van der Waals surface area contributed by atoms with Gasteiger partial charge in [-0.1, -0.05) is 0 Å². The highest BCUT2D eigenvalue weighted by molar-refractivity contribution is 5.86. The molecule has 38 heavy (non-hydrogen) atoms. The van der Waals surface area contributed by atoms with Gasteiger partial charge < -0.3 is 29.7 Å². The van der Waals surface area contributed by atoms with Gasteiger partial charge >= 0.3 is 6.18 Å². The van der Waals surface area contributed by atoms with E-state index < -0.39 is 22.9 Å². The fourth-order valence-electron chi connectivity index (χ4n) is 7.44. The van der Waals surface area contributed by atoms with Gasteiger partial charge in [0.2, 0.25) is 11.9 Å². The quantitative estimate of drug-likeness (QED) is 0.566. The largest absolute Gasteiger partial charge is 0.433 e. The second-order valence-electron chi connectivity index (χ2n) is 11.6. The number of methoxy groups -OCH3 is 1. The summed E-state index contributed by atoms with van der Waals surface area (Å²) >= 11 is 0. The molecule has 0 spiro atoms. The SMILES string of the molecule is [2H]CO[C@@H]1COCC[C@@H]1N[C@@H]1CC[C@@](C(=O)N2C[C@@H]3C[C@H]2CN3c2nccc(C(F)(F)F)n2)(C2(O)CCC2)C1. The van der Waals surface area contributed by atoms with Gasteiger partial charge in [0.1, 0.15) is 5.69 Å². The van der Waals surface area contributed by atoms with E-state index in [9.17, 15) is 23.1 Å². The average Bonchev–Trinajstić information content (AvgIpc) is 3.63. The number of carbonyl (C=O) groups is 1. The van der Waals surface area contributed by atoms with Crippen LogP contribution in [0.2, 0.25) is 0 Å². The summed E-state index contributed by atoms with van der Waals surface area (Å²) in [5.74, 6) is 0.0137. The van der Waals surface area contributed by atoms with Gasteiger partial charge in [-0.3, -0.25) is 4.79 Å². The molecule has 2 saturated carbocycles. The maximum absolute atomic E-state index is 14.3. The second-order valence-corrected chi connectivity index (χ2v) is 11.6. The van der Waals surface area contributed by atoms with Crippen LogP contribution < -0.4 is 10.2 Å². The van der Waals surface area contributed by atoms with Crippen molar-refractivity contribution >= 4 is 11.9 Å². The Balaban J connectivity index is 1.17. The zero-order valence-corrected chi connectivity index (χ0v) is 21.3. The van der Waals surface area contributed by atoms with E-state index in [2.05, 4.69) is 15.3 Å². The predicted molar refractivity (Wildman–Crippen MR) is 130 cm³/mol. The molecule has 6 rings (SSSR count). The van der Waals surface area contributed by atoms with Crippen LogP contribution in [-0.4, -0.2) is 95.1 Å². The highest BCUT2D eigenvalue weighted by Crippen LogP contribution is 2.57. The molecule has 6 atom stereocenters. The van der Waals surface area contributed by atoms with E-state index in [-0.39, 0.29) is 49.2 Å². The molecule has 0 aromatic carbocycles. The van der Waals surface area contributed by atoms with Crippen LogP contribution in [0.4, 0.5) is 19.1 Å². The minimum Gasteiger partial charge on any atom is -0.389 e. The van der Waals surface area contributed by atoms with Crippen LogP contribution in [0.25, 0.3) is 0 Å². The third-order valence-electron chi connectivity index (χ3n) is 9.65. The standard InChI is InChI=1S/C26H36F3N5O4/c1-37-20-15-38-10-5-19(20)31-16-3-8-24(12-16,25(36)6-2-7-25)22(35)33-13-18-11-17(33)14-34(18)23-30-9-4-21(32-23)26(27,28)29/h4,9,16-20,31,36H,2-3,5-8,10-15H2,1H3/t16-,17+,18+,19+,20-,24-/m1/s1/i1D. The molecule has 1 aromatic rings. The van der Waals surface area contributed by atoms with Crippen molar-refractivity contribution in [2.75, 3.05) is 38.3 Å². The first kappa shape index (κ1) is 25.0. The molecule has 0 radical (unpaired) electrons. The van der Waals surface area contributed by atoms with Gasteiger partial charge in [0.25, 0.3) is 0 Å². The smallest absolute Gasteiger partial charge is 0.389 e. The number of nitrogens with zero attached hydrogens (tertiary/aromatic N) is 4. The number of hydrogen-bond donors (Lipinski definition) is 2. The maximum atomic E-state index is 14.3. The summed E-state index contributed by atoms with van der Waals surface area (Å²) in [5, 5.41) is 15.3. The minimum atomic E-state index is -4.55. The van der Waals surface area contributed by atoms with E-state index in [1.165, 1.54) is 0 Å². The topological polar surface area (TPSA) is 100 Å². The van der Waals surface area contributed by atoms with Gasteiger partial charge in [0.05, 0.1) is 37.2 Å². The van der Waals surface area contributed by atoms with Gasteiger partial charge in [-0.2, -0.15) is 13.2 Å². The third-order valence-corrected chi connectivity index (χ3v) is 9.65. The minimum absolute atomic E-state index is 0.0276. The Hall–Kier alpha value is -2.02. The fraction of sp³-hybridized carbons (Fsp3) is 0.808. The zero-order valence-electron chi connectivity index (χ0n) is 22.3. The molecule has 4 heterocycles. The number of aromatic nitrogens is 2. The lowest BCUT2D eigenvalue weighted by molar-refractivity contribution is -0.178. The molecule has 2 aliphatic carbocycles. The maximum Gasteiger partial charge on any atom is 0.433 e. The third kappa shape index (κ3) is 4.28. The molecule has 2 N–H and O–H groups in total. The molecule has 12 heteroatoms. The van der Waals surface area contributed by atoms with E-state index in [1.54, 1.807) is 4.90 Å². The Kier molecular flexibility index (Phi) is 6.29. The van der Waals surface area contributed by atoms with Gasteiger partial charge in [0.15, 0.2) is 0 Å². The van der Waals surface area contributed by atoms with Gasteiger partial charge in [-0.15, -0.1) is 0 Å². The summed E-state index contributed by atoms with van der Waals surface area (Å²) in [5.41, 5.74) is -2.90. The Morgan fingerprint density at radius 3 is 2.82 bits per heavy atom. The van der Waals surface area contributed by atoms with Gasteiger partial charge in [-0.25, -0.2) is 9.97 Å². The number of piperazine rings is 1. The highest BCUT2D eigenvalue weighted by Gasteiger charge is 2.64. The first-order valence-corrected chi connectivity index (χ1v) is 13.6. The molecular formula is C26H36F3N5O4. The Labute approximate surface area is 221 Å². The number of carbonyl (C=O) groups excluding carboxylic acids is 1. The summed E-state index contributed by atoms with van der Waals surface area (Å²) in [6.45, 7) is 1.81. The average molecular weight is 541 g/mol. The van der Waals surface area contributed by atoms with Crippen LogP contribution in [0.1, 0.15) is 58.4 Å². The van der Waals surface area contributed by atoms with E-state index in [0.29, 0.717) is 58.4 Å². The van der Waals surface area contributed by atoms with Crippen LogP contribution in [0.5, 0.6) is 0 Å². The van der Waals surface area contributed by atoms with Crippen LogP contribution in [-0.2, 0) is 20.4 Å². The van der Waals surface area contributed by atoms with Crippen LogP contribution in [0, 0.1) is 5.41 Å². The van der Waals surface area contributed by atoms with Crippen LogP contribution >= 0.6 is 0 Å². The number of hydrogen-bond acceptors (Lipinski definition) is 8. The number of alkyl halides is 3. The van der Waals surface area contributed by atoms with Crippen molar-refractivity contribution in [3.8, 4) is 0 Å². The molecule has 1 amide bonds. The van der Waals surface area contributed by atoms with Crippen molar-refractivity contribution in [3.63, 3.8) is 0 Å². The van der Waals surface area contributed by atoms with Crippen molar-refractivity contribution in [1.29, 1.82) is 0 Å². The zero-order chi connectivity index (χ0) is 27.4. The van der Waals surface area contributed by atoms with Crippen molar-refractivity contribution in [3.05, 3.63) is 18.0 Å². The van der Waals surface area contributed by atoms with Crippen molar-refractivity contribution in [2.24, 2.45) is 5.41 Å². The summed E-state index contributed by atoms with van der Waals surface area (Å²) in [6, 6.07) is 0.616. The second kappa shape index (κ2) is 9.57. The monoisotopic (exact) mass is 540 g/mol. The molecule has 3 saturated heterocycles. The summed E-state index contributed by atoms with van der Waals surface area (Å²) in [4.78, 5) is 25.8. The van der Waals surface area contributed by atoms with Crippen LogP contribution in [0.3, 0.4) is 0 Å². The molecular weight excluding hydrogens is 503 g/mol. The van der Waals surface area contributed by atoms with Gasteiger partial charge in [-0.05, 0) is 57.4 Å². The number of rotatable bonds is 6. The molecule has 0 unspecified atom stereocenters. The Bertz CT molecular complexity index is 1080. The molecule has 2 bridgehead atoms. The number of aliphatic hydroxyl groups is 1. The fourth-order valence-corrected chi connectivity index (χ4v) is 7.44. The molecule has 5 aliphatic rings. The Morgan fingerprint density at radius 2 is 2.13 bits per heavy atom. The van der Waals surface area contributed by atoms with E-state index in [1.807, 2.05) is 4.90 Å². The van der Waals surface area contributed by atoms with Gasteiger partial charge in [0, 0.05) is 45.1 Å². The predicted octanol–water partition coefficient (Wildman–Crippen LogP) is 2.13. The normalized spacial score (nSPS) is 36.8. The van der Waals surface area contributed by atoms with E-state index in [4.69, 9.17) is 10.8 Å². The van der Waals surface area contributed by atoms with Crippen LogP contribution in [0.15, 0.2) is 12.3 Å². The number of fused-ring (bicyclic) bond motifs is 2. The summed E-state index contributed by atoms with van der Waals surface area (Å²) in [6.07, 6.45) is 1.72. The summed E-state index contributed by atoms with van der Waals surface area (Å²) < 4.78 is 58.2. The first-order valence-electron chi connectivity index (χ1n) is 14.3. The number of amides is 1. The molecule has 210 valence electrons. The van der Waals surface area contributed by atoms with Crippen molar-refractivity contribution in [1.82, 2.24) is 20.2 Å². The molecule has 3 aliphatic heterocycles. The number of ether oxygens (including phenoxy) is 2. The highest BCUT2D eigenvalue weighted by atomic mass is 19.4. The number of anilines is 1.